The molecule has 0 aliphatic rings. The van der Waals surface area contributed by atoms with Gasteiger partial charge in [0.15, 0.2) is 0 Å². The number of anilines is 1. The molecule has 1 aromatic heterocycles. The van der Waals surface area contributed by atoms with E-state index in [-0.39, 0.29) is 6.61 Å². The number of halogens is 3. The van der Waals surface area contributed by atoms with Crippen molar-refractivity contribution in [2.75, 3.05) is 25.1 Å². The zero-order valence-electron chi connectivity index (χ0n) is 10.5. The van der Waals surface area contributed by atoms with Gasteiger partial charge in [0.25, 0.3) is 0 Å². The Balaban J connectivity index is 2.41. The van der Waals surface area contributed by atoms with Gasteiger partial charge in [0.05, 0.1) is 12.3 Å². The molecular formula is C11H18F3N3O. The lowest BCUT2D eigenvalue weighted by Crippen LogP contribution is -2.19. The minimum absolute atomic E-state index is 0.0100. The van der Waals surface area contributed by atoms with Crippen LogP contribution in [0.2, 0.25) is 0 Å². The van der Waals surface area contributed by atoms with Crippen LogP contribution in [0, 0.1) is 6.92 Å². The van der Waals surface area contributed by atoms with Crippen LogP contribution in [0.5, 0.6) is 0 Å². The second-order valence-corrected chi connectivity index (χ2v) is 3.99. The summed E-state index contributed by atoms with van der Waals surface area (Å²) >= 11 is 0. The lowest BCUT2D eigenvalue weighted by Gasteiger charge is -2.10. The molecule has 0 unspecified atom stereocenters. The van der Waals surface area contributed by atoms with Gasteiger partial charge in [0, 0.05) is 19.3 Å². The molecule has 0 aromatic carbocycles. The number of aromatic nitrogens is 2. The monoisotopic (exact) mass is 265 g/mol. The van der Waals surface area contributed by atoms with Crippen LogP contribution in [0.15, 0.2) is 6.20 Å². The maximum absolute atomic E-state index is 11.9. The van der Waals surface area contributed by atoms with Crippen molar-refractivity contribution in [3.05, 3.63) is 11.9 Å². The molecule has 0 saturated heterocycles. The summed E-state index contributed by atoms with van der Waals surface area (Å²) in [6, 6.07) is 0. The van der Waals surface area contributed by atoms with Crippen LogP contribution in [0.3, 0.4) is 0 Å². The van der Waals surface area contributed by atoms with E-state index < -0.39 is 12.8 Å². The molecule has 0 amide bonds. The average molecular weight is 265 g/mol. The van der Waals surface area contributed by atoms with Gasteiger partial charge in [-0.2, -0.15) is 13.2 Å². The molecule has 0 aliphatic carbocycles. The van der Waals surface area contributed by atoms with Gasteiger partial charge in [-0.05, 0) is 13.3 Å². The molecule has 1 N–H and O–H groups in total. The van der Waals surface area contributed by atoms with E-state index in [0.29, 0.717) is 12.5 Å². The van der Waals surface area contributed by atoms with Crippen LogP contribution in [-0.4, -0.2) is 35.5 Å². The van der Waals surface area contributed by atoms with Gasteiger partial charge in [0.2, 0.25) is 5.95 Å². The van der Waals surface area contributed by atoms with E-state index in [0.717, 1.165) is 18.7 Å². The summed E-state index contributed by atoms with van der Waals surface area (Å²) in [5.41, 5.74) is 0.824. The molecule has 4 nitrogen and oxygen atoms in total. The molecule has 0 aliphatic heterocycles. The highest BCUT2D eigenvalue weighted by molar-refractivity contribution is 5.28. The van der Waals surface area contributed by atoms with E-state index in [9.17, 15) is 13.2 Å². The van der Waals surface area contributed by atoms with E-state index >= 15 is 0 Å². The summed E-state index contributed by atoms with van der Waals surface area (Å²) in [6.45, 7) is 3.79. The quantitative estimate of drug-likeness (QED) is 0.770. The molecule has 7 heteroatoms. The summed E-state index contributed by atoms with van der Waals surface area (Å²) in [6.07, 6.45) is -1.53. The van der Waals surface area contributed by atoms with E-state index in [4.69, 9.17) is 0 Å². The van der Waals surface area contributed by atoms with Crippen LogP contribution < -0.4 is 5.32 Å². The first kappa shape index (κ1) is 14.8. The maximum atomic E-state index is 11.9. The summed E-state index contributed by atoms with van der Waals surface area (Å²) in [5.74, 6) is 0.671. The van der Waals surface area contributed by atoms with Crippen LogP contribution in [0.1, 0.15) is 19.0 Å². The van der Waals surface area contributed by atoms with Gasteiger partial charge >= 0.3 is 6.18 Å². The Morgan fingerprint density at radius 1 is 1.44 bits per heavy atom. The number of rotatable bonds is 7. The molecule has 0 atom stereocenters. The summed E-state index contributed by atoms with van der Waals surface area (Å²) in [4.78, 5) is 4.25. The van der Waals surface area contributed by atoms with Gasteiger partial charge in [-0.25, -0.2) is 4.98 Å². The molecule has 0 saturated carbocycles. The first-order chi connectivity index (χ1) is 8.42. The van der Waals surface area contributed by atoms with Crippen molar-refractivity contribution in [2.45, 2.75) is 33.0 Å². The second kappa shape index (κ2) is 6.63. The van der Waals surface area contributed by atoms with Crippen molar-refractivity contribution >= 4 is 5.95 Å². The second-order valence-electron chi connectivity index (χ2n) is 3.99. The van der Waals surface area contributed by atoms with Crippen LogP contribution >= 0.6 is 0 Å². The number of imidazole rings is 1. The normalized spacial score (nSPS) is 11.8. The Hall–Kier alpha value is -1.24. The van der Waals surface area contributed by atoms with Crippen LogP contribution in [0.4, 0.5) is 19.1 Å². The largest absolute Gasteiger partial charge is 0.411 e. The third-order valence-electron chi connectivity index (χ3n) is 2.17. The predicted octanol–water partition coefficient (Wildman–Crippen LogP) is 2.59. The fraction of sp³-hybridized carbons (Fsp3) is 0.727. The lowest BCUT2D eigenvalue weighted by molar-refractivity contribution is -0.174. The van der Waals surface area contributed by atoms with Crippen molar-refractivity contribution in [3.8, 4) is 0 Å². The highest BCUT2D eigenvalue weighted by Crippen LogP contribution is 2.14. The highest BCUT2D eigenvalue weighted by Gasteiger charge is 2.27. The molecule has 104 valence electrons. The Morgan fingerprint density at radius 3 is 2.78 bits per heavy atom. The lowest BCUT2D eigenvalue weighted by atomic mass is 10.5. The van der Waals surface area contributed by atoms with Gasteiger partial charge in [-0.15, -0.1) is 0 Å². The molecule has 0 fully saturated rings. The Kier molecular flexibility index (Phi) is 5.46. The van der Waals surface area contributed by atoms with Crippen LogP contribution in [0.25, 0.3) is 0 Å². The van der Waals surface area contributed by atoms with Crippen molar-refractivity contribution in [1.82, 2.24) is 9.55 Å². The zero-order valence-corrected chi connectivity index (χ0v) is 10.5. The first-order valence-electron chi connectivity index (χ1n) is 5.84. The molecule has 1 aromatic rings. The van der Waals surface area contributed by atoms with Gasteiger partial charge in [-0.1, -0.05) is 6.92 Å². The Morgan fingerprint density at radius 2 is 2.17 bits per heavy atom. The third-order valence-corrected chi connectivity index (χ3v) is 2.17. The van der Waals surface area contributed by atoms with Crippen molar-refractivity contribution in [2.24, 2.45) is 0 Å². The zero-order chi connectivity index (χ0) is 13.6. The Labute approximate surface area is 104 Å². The molecular weight excluding hydrogens is 247 g/mol. The fourth-order valence-electron chi connectivity index (χ4n) is 1.45. The fourth-order valence-corrected chi connectivity index (χ4v) is 1.45. The van der Waals surface area contributed by atoms with E-state index in [1.165, 1.54) is 0 Å². The summed E-state index contributed by atoms with van der Waals surface area (Å²) in [7, 11) is 0. The highest BCUT2D eigenvalue weighted by atomic mass is 19.4. The van der Waals surface area contributed by atoms with E-state index in [2.05, 4.69) is 15.0 Å². The summed E-state index contributed by atoms with van der Waals surface area (Å²) < 4.78 is 42.0. The van der Waals surface area contributed by atoms with Crippen molar-refractivity contribution in [1.29, 1.82) is 0 Å². The van der Waals surface area contributed by atoms with E-state index in [1.807, 2.05) is 13.8 Å². The summed E-state index contributed by atoms with van der Waals surface area (Å²) in [5, 5.41) is 3.11. The number of nitrogens with one attached hydrogen (secondary N) is 1. The molecule has 0 spiro atoms. The van der Waals surface area contributed by atoms with Crippen molar-refractivity contribution in [3.63, 3.8) is 0 Å². The maximum Gasteiger partial charge on any atom is 0.411 e. The number of aryl methyl sites for hydroxylation is 1. The van der Waals surface area contributed by atoms with Gasteiger partial charge in [-0.3, -0.25) is 0 Å². The van der Waals surface area contributed by atoms with Crippen molar-refractivity contribution < 1.29 is 17.9 Å². The number of nitrogens with zero attached hydrogens (tertiary/aromatic N) is 2. The topological polar surface area (TPSA) is 39.1 Å². The molecule has 1 rings (SSSR count). The molecule has 0 bridgehead atoms. The standard InChI is InChI=1S/C11H18F3N3O/c1-3-4-15-10-16-9(2)7-17(10)5-6-18-8-11(12,13)14/h7H,3-6,8H2,1-2H3,(H,15,16). The van der Waals surface area contributed by atoms with Gasteiger partial charge in [0.1, 0.15) is 6.61 Å². The number of alkyl halides is 3. The number of hydrogen-bond donors (Lipinski definition) is 1. The predicted molar refractivity (Wildman–Crippen MR) is 62.6 cm³/mol. The van der Waals surface area contributed by atoms with E-state index in [1.54, 1.807) is 10.8 Å². The molecule has 18 heavy (non-hydrogen) atoms. The molecule has 1 heterocycles. The smallest absolute Gasteiger partial charge is 0.370 e. The SMILES string of the molecule is CCCNc1nc(C)cn1CCOCC(F)(F)F. The minimum Gasteiger partial charge on any atom is -0.370 e. The molecule has 0 radical (unpaired) electrons. The minimum atomic E-state index is -4.27. The average Bonchev–Trinajstić information content (AvgIpc) is 2.61. The van der Waals surface area contributed by atoms with Gasteiger partial charge < -0.3 is 14.6 Å². The van der Waals surface area contributed by atoms with Crippen LogP contribution in [-0.2, 0) is 11.3 Å². The number of hydrogen-bond acceptors (Lipinski definition) is 3. The first-order valence-corrected chi connectivity index (χ1v) is 5.84. The Bertz CT molecular complexity index is 363. The third kappa shape index (κ3) is 5.39. The number of ether oxygens (including phenoxy) is 1.